The van der Waals surface area contributed by atoms with Gasteiger partial charge in [-0.2, -0.15) is 13.2 Å². The van der Waals surface area contributed by atoms with Crippen LogP contribution in [0.25, 0.3) is 0 Å². The van der Waals surface area contributed by atoms with Gasteiger partial charge in [-0.15, -0.1) is 0 Å². The first-order chi connectivity index (χ1) is 7.96. The lowest BCUT2D eigenvalue weighted by atomic mass is 10.0. The van der Waals surface area contributed by atoms with Gasteiger partial charge in [0.05, 0.1) is 5.70 Å². The van der Waals surface area contributed by atoms with Crippen LogP contribution in [-0.4, -0.2) is 23.8 Å². The van der Waals surface area contributed by atoms with Crippen molar-refractivity contribution >= 4 is 0 Å². The fraction of sp³-hybridized carbons (Fsp3) is 0.500. The zero-order valence-electron chi connectivity index (χ0n) is 9.59. The highest BCUT2D eigenvalue weighted by Gasteiger charge is 2.34. The van der Waals surface area contributed by atoms with Gasteiger partial charge in [0.1, 0.15) is 6.54 Å². The van der Waals surface area contributed by atoms with Crippen molar-refractivity contribution in [2.24, 2.45) is 0 Å². The zero-order chi connectivity index (χ0) is 12.5. The Bertz CT molecular complexity index is 380. The van der Waals surface area contributed by atoms with E-state index < -0.39 is 12.7 Å². The van der Waals surface area contributed by atoms with Gasteiger partial charge in [0.15, 0.2) is 0 Å². The predicted molar refractivity (Wildman–Crippen MR) is 59.9 cm³/mol. The molecule has 0 saturated carbocycles. The molecule has 0 amide bonds. The summed E-state index contributed by atoms with van der Waals surface area (Å²) in [5, 5.41) is 1.19. The first-order valence-corrected chi connectivity index (χ1v) is 5.65. The van der Waals surface area contributed by atoms with E-state index in [0.717, 1.165) is 18.4 Å². The smallest absolute Gasteiger partial charge is 0.298 e. The van der Waals surface area contributed by atoms with E-state index in [4.69, 9.17) is 0 Å². The lowest BCUT2D eigenvalue weighted by molar-refractivity contribution is -0.146. The monoisotopic (exact) mass is 244 g/mol. The molecule has 94 valence electrons. The molecule has 0 spiro atoms. The maximum atomic E-state index is 12.4. The van der Waals surface area contributed by atoms with E-state index in [1.807, 2.05) is 31.2 Å². The second-order valence-corrected chi connectivity index (χ2v) is 4.31. The van der Waals surface area contributed by atoms with Crippen LogP contribution < -0.4 is 5.43 Å². The number of hydrogen-bond acceptors (Lipinski definition) is 2. The predicted octanol–water partition coefficient (Wildman–Crippen LogP) is 2.92. The quantitative estimate of drug-likeness (QED) is 0.803. The van der Waals surface area contributed by atoms with E-state index in [1.54, 1.807) is 0 Å². The van der Waals surface area contributed by atoms with E-state index >= 15 is 0 Å². The maximum Gasteiger partial charge on any atom is 0.407 e. The maximum absolute atomic E-state index is 12.4. The van der Waals surface area contributed by atoms with Gasteiger partial charge in [0.2, 0.25) is 0 Å². The van der Waals surface area contributed by atoms with Crippen molar-refractivity contribution in [2.75, 3.05) is 6.54 Å². The molecule has 17 heavy (non-hydrogen) atoms. The molecule has 5 heteroatoms. The molecule has 1 N–H and O–H groups in total. The van der Waals surface area contributed by atoms with Crippen LogP contribution in [0.5, 0.6) is 0 Å². The summed E-state index contributed by atoms with van der Waals surface area (Å²) in [4.78, 5) is 0. The number of allylic oxidation sites excluding steroid dienone is 3. The third-order valence-electron chi connectivity index (χ3n) is 2.69. The molecule has 0 fully saturated rings. The van der Waals surface area contributed by atoms with Crippen LogP contribution >= 0.6 is 0 Å². The van der Waals surface area contributed by atoms with Gasteiger partial charge < -0.3 is 0 Å². The normalized spacial score (nSPS) is 24.9. The van der Waals surface area contributed by atoms with Crippen LogP contribution in [-0.2, 0) is 0 Å². The van der Waals surface area contributed by atoms with Crippen molar-refractivity contribution in [3.63, 3.8) is 0 Å². The Kier molecular flexibility index (Phi) is 3.28. The van der Waals surface area contributed by atoms with Gasteiger partial charge in [-0.05, 0) is 31.4 Å². The summed E-state index contributed by atoms with van der Waals surface area (Å²) >= 11 is 0. The number of nitrogens with one attached hydrogen (secondary N) is 1. The van der Waals surface area contributed by atoms with Gasteiger partial charge in [0.25, 0.3) is 0 Å². The topological polar surface area (TPSA) is 15.3 Å². The fourth-order valence-corrected chi connectivity index (χ4v) is 2.04. The Morgan fingerprint density at radius 2 is 2.18 bits per heavy atom. The van der Waals surface area contributed by atoms with Gasteiger partial charge in [-0.3, -0.25) is 5.01 Å². The highest BCUT2D eigenvalue weighted by atomic mass is 19.4. The minimum atomic E-state index is -4.20. The fourth-order valence-electron chi connectivity index (χ4n) is 2.04. The number of hydrogen-bond donors (Lipinski definition) is 1. The standard InChI is InChI=1S/C12H15F3N2/c1-9-7-11(10-5-3-2-4-6-10)17(16-9)8-12(13,14)15/h3,5-7,9,16H,2,4,8H2,1H3. The lowest BCUT2D eigenvalue weighted by Gasteiger charge is -2.25. The summed E-state index contributed by atoms with van der Waals surface area (Å²) in [6.45, 7) is 0.873. The molecule has 0 aromatic heterocycles. The molecule has 0 bridgehead atoms. The van der Waals surface area contributed by atoms with Crippen LogP contribution in [0.3, 0.4) is 0 Å². The Hall–Kier alpha value is -1.23. The highest BCUT2D eigenvalue weighted by Crippen LogP contribution is 2.27. The van der Waals surface area contributed by atoms with Crippen LogP contribution in [0.15, 0.2) is 35.6 Å². The van der Waals surface area contributed by atoms with Crippen molar-refractivity contribution in [1.29, 1.82) is 0 Å². The minimum Gasteiger partial charge on any atom is -0.298 e. The third kappa shape index (κ3) is 3.12. The summed E-state index contributed by atoms with van der Waals surface area (Å²) in [6, 6.07) is -0.0661. The summed E-state index contributed by atoms with van der Waals surface area (Å²) in [5.41, 5.74) is 4.31. The van der Waals surface area contributed by atoms with Crippen LogP contribution in [0.1, 0.15) is 19.8 Å². The van der Waals surface area contributed by atoms with E-state index in [1.165, 1.54) is 5.01 Å². The van der Waals surface area contributed by atoms with Crippen LogP contribution in [0.2, 0.25) is 0 Å². The average molecular weight is 244 g/mol. The van der Waals surface area contributed by atoms with Gasteiger partial charge in [-0.25, -0.2) is 5.43 Å². The second-order valence-electron chi connectivity index (χ2n) is 4.31. The molecule has 0 aromatic carbocycles. The molecule has 1 aliphatic heterocycles. The number of nitrogens with zero attached hydrogens (tertiary/aromatic N) is 1. The molecular formula is C12H15F3N2. The molecule has 2 aliphatic rings. The SMILES string of the molecule is CC1C=C(C2=CCCC=C2)N(CC(F)(F)F)N1. The van der Waals surface area contributed by atoms with Gasteiger partial charge >= 0.3 is 6.18 Å². The first-order valence-electron chi connectivity index (χ1n) is 5.65. The molecule has 0 saturated heterocycles. The molecule has 1 atom stereocenters. The van der Waals surface area contributed by atoms with E-state index in [2.05, 4.69) is 5.43 Å². The van der Waals surface area contributed by atoms with Crippen molar-refractivity contribution in [3.8, 4) is 0 Å². The molecule has 0 aromatic rings. The summed E-state index contributed by atoms with van der Waals surface area (Å²) in [6.07, 6.45) is 5.33. The number of alkyl halides is 3. The Morgan fingerprint density at radius 1 is 1.41 bits per heavy atom. The summed E-state index contributed by atoms with van der Waals surface area (Å²) in [7, 11) is 0. The highest BCUT2D eigenvalue weighted by molar-refractivity contribution is 5.42. The largest absolute Gasteiger partial charge is 0.407 e. The van der Waals surface area contributed by atoms with E-state index in [-0.39, 0.29) is 6.04 Å². The van der Waals surface area contributed by atoms with E-state index in [9.17, 15) is 13.2 Å². The van der Waals surface area contributed by atoms with Crippen LogP contribution in [0, 0.1) is 0 Å². The second kappa shape index (κ2) is 4.56. The number of halogens is 3. The molecule has 2 nitrogen and oxygen atoms in total. The van der Waals surface area contributed by atoms with E-state index in [0.29, 0.717) is 5.70 Å². The Balaban J connectivity index is 2.15. The minimum absolute atomic E-state index is 0.0661. The van der Waals surface area contributed by atoms with Crippen molar-refractivity contribution in [3.05, 3.63) is 35.6 Å². The molecule has 1 unspecified atom stereocenters. The molecular weight excluding hydrogens is 229 g/mol. The summed E-state index contributed by atoms with van der Waals surface area (Å²) < 4.78 is 37.3. The molecule has 0 radical (unpaired) electrons. The van der Waals surface area contributed by atoms with Gasteiger partial charge in [-0.1, -0.05) is 18.2 Å². The molecule has 2 rings (SSSR count). The molecule has 1 aliphatic carbocycles. The zero-order valence-corrected chi connectivity index (χ0v) is 9.59. The third-order valence-corrected chi connectivity index (χ3v) is 2.69. The van der Waals surface area contributed by atoms with Crippen LogP contribution in [0.4, 0.5) is 13.2 Å². The first kappa shape index (κ1) is 12.2. The Labute approximate surface area is 98.4 Å². The summed E-state index contributed by atoms with van der Waals surface area (Å²) in [5.74, 6) is 0. The number of hydrazine groups is 1. The van der Waals surface area contributed by atoms with Crippen molar-refractivity contribution in [1.82, 2.24) is 10.4 Å². The van der Waals surface area contributed by atoms with Crippen molar-refractivity contribution < 1.29 is 13.2 Å². The van der Waals surface area contributed by atoms with Crippen molar-refractivity contribution in [2.45, 2.75) is 32.0 Å². The number of rotatable bonds is 2. The lowest BCUT2D eigenvalue weighted by Crippen LogP contribution is -2.42. The van der Waals surface area contributed by atoms with Gasteiger partial charge in [0, 0.05) is 6.04 Å². The Morgan fingerprint density at radius 3 is 2.76 bits per heavy atom. The molecule has 1 heterocycles. The average Bonchev–Trinajstić information content (AvgIpc) is 2.58.